The van der Waals surface area contributed by atoms with Crippen molar-refractivity contribution in [3.05, 3.63) is 35.6 Å². The van der Waals surface area contributed by atoms with Gasteiger partial charge in [-0.3, -0.25) is 0 Å². The number of sulfone groups is 1. The summed E-state index contributed by atoms with van der Waals surface area (Å²) in [6.45, 7) is 1.23. The molecule has 0 aliphatic rings. The lowest BCUT2D eigenvalue weighted by Gasteiger charge is -2.13. The summed E-state index contributed by atoms with van der Waals surface area (Å²) in [5, 5.41) is 8.91. The highest BCUT2D eigenvalue weighted by Gasteiger charge is 2.20. The predicted molar refractivity (Wildman–Crippen MR) is 65.4 cm³/mol. The van der Waals surface area contributed by atoms with Gasteiger partial charge < -0.3 is 9.84 Å². The number of hydrogen-bond acceptors (Lipinski definition) is 4. The van der Waals surface area contributed by atoms with Crippen LogP contribution in [0.25, 0.3) is 0 Å². The Hall–Kier alpha value is -1.70. The fraction of sp³-hybridized carbons (Fsp3) is 0.364. The number of alkyl halides is 2. The van der Waals surface area contributed by atoms with Crippen LogP contribution in [0.4, 0.5) is 8.78 Å². The summed E-state index contributed by atoms with van der Waals surface area (Å²) in [7, 11) is -3.65. The molecule has 0 saturated heterocycles. The van der Waals surface area contributed by atoms with Crippen LogP contribution in [-0.2, 0) is 19.4 Å². The number of rotatable bonds is 7. The van der Waals surface area contributed by atoms with Gasteiger partial charge in [0.15, 0.2) is 9.84 Å². The Bertz CT molecular complexity index is 517. The Kier molecular flexibility index (Phi) is 6.40. The average Bonchev–Trinajstić information content (AvgIpc) is 2.20. The molecule has 0 fully saturated rings. The largest absolute Gasteiger partial charge is 0.478 e. The Morgan fingerprint density at radius 2 is 2.00 bits per heavy atom. The molecular weight excluding hydrogens is 282 g/mol. The fourth-order valence-corrected chi connectivity index (χ4v) is 1.96. The molecule has 0 spiro atoms. The second-order valence-corrected chi connectivity index (χ2v) is 5.76. The molecule has 8 heteroatoms. The van der Waals surface area contributed by atoms with Gasteiger partial charge in [0.2, 0.25) is 0 Å². The van der Waals surface area contributed by atoms with Gasteiger partial charge in [-0.2, -0.15) is 8.78 Å². The molecule has 0 radical (unpaired) electrons. The summed E-state index contributed by atoms with van der Waals surface area (Å²) >= 11 is 0. The second-order valence-electron chi connectivity index (χ2n) is 3.62. The highest BCUT2D eigenvalue weighted by Crippen LogP contribution is 2.20. The molecular formula is C11H14F2O5S. The van der Waals surface area contributed by atoms with Crippen molar-refractivity contribution in [1.29, 1.82) is 0 Å². The maximum atomic E-state index is 12.2. The zero-order valence-electron chi connectivity index (χ0n) is 10.4. The summed E-state index contributed by atoms with van der Waals surface area (Å²) in [4.78, 5) is 10.9. The Labute approximate surface area is 109 Å². The first-order chi connectivity index (χ1) is 8.58. The van der Waals surface area contributed by atoms with Crippen LogP contribution in [0.2, 0.25) is 0 Å². The van der Waals surface area contributed by atoms with E-state index in [0.717, 1.165) is 18.4 Å². The Balaban J connectivity index is 5.75. The highest BCUT2D eigenvalue weighted by atomic mass is 32.2. The van der Waals surface area contributed by atoms with Crippen molar-refractivity contribution < 1.29 is 31.8 Å². The van der Waals surface area contributed by atoms with E-state index in [4.69, 9.17) is 5.11 Å². The van der Waals surface area contributed by atoms with Gasteiger partial charge in [-0.25, -0.2) is 13.2 Å². The molecule has 0 rings (SSSR count). The summed E-state index contributed by atoms with van der Waals surface area (Å²) in [6.07, 6.45) is 3.04. The number of hydrogen-bond donors (Lipinski definition) is 1. The van der Waals surface area contributed by atoms with E-state index >= 15 is 0 Å². The van der Waals surface area contributed by atoms with E-state index in [1.54, 1.807) is 0 Å². The van der Waals surface area contributed by atoms with Gasteiger partial charge in [0.1, 0.15) is 11.5 Å². The molecule has 0 saturated carbocycles. The smallest absolute Gasteiger partial charge is 0.387 e. The van der Waals surface area contributed by atoms with Crippen molar-refractivity contribution >= 4 is 15.8 Å². The first-order valence-electron chi connectivity index (χ1n) is 4.97. The van der Waals surface area contributed by atoms with E-state index in [-0.39, 0.29) is 11.1 Å². The fourth-order valence-electron chi connectivity index (χ4n) is 1.20. The highest BCUT2D eigenvalue weighted by molar-refractivity contribution is 7.90. The van der Waals surface area contributed by atoms with Crippen LogP contribution in [0.1, 0.15) is 6.92 Å². The maximum Gasteiger partial charge on any atom is 0.387 e. The topological polar surface area (TPSA) is 80.7 Å². The lowest BCUT2D eigenvalue weighted by Crippen LogP contribution is -2.15. The second kappa shape index (κ2) is 7.03. The summed E-state index contributed by atoms with van der Waals surface area (Å²) in [5.41, 5.74) is -0.563. The van der Waals surface area contributed by atoms with Crippen LogP contribution < -0.4 is 0 Å². The number of allylic oxidation sites excluding steroid dienone is 2. The van der Waals surface area contributed by atoms with Crippen LogP contribution in [0.3, 0.4) is 0 Å². The molecule has 1 N–H and O–H groups in total. The van der Waals surface area contributed by atoms with E-state index in [9.17, 15) is 22.0 Å². The zero-order valence-corrected chi connectivity index (χ0v) is 11.2. The van der Waals surface area contributed by atoms with Gasteiger partial charge in [-0.15, -0.1) is 0 Å². The average molecular weight is 296 g/mol. The summed E-state index contributed by atoms with van der Waals surface area (Å²) in [6, 6.07) is 0. The third-order valence-corrected chi connectivity index (χ3v) is 2.75. The monoisotopic (exact) mass is 296 g/mol. The minimum atomic E-state index is -3.65. The molecule has 5 nitrogen and oxygen atoms in total. The molecule has 0 unspecified atom stereocenters. The van der Waals surface area contributed by atoms with E-state index in [1.807, 2.05) is 0 Å². The SMILES string of the molecule is C=C/C=C(C(=O)O)\C(C)=C(/CS(C)(=O)=O)OC(F)F. The number of carboxylic acids is 1. The predicted octanol–water partition coefficient (Wildman–Crippen LogP) is 1.74. The van der Waals surface area contributed by atoms with Crippen molar-refractivity contribution in [2.45, 2.75) is 13.5 Å². The third kappa shape index (κ3) is 6.70. The molecule has 0 bridgehead atoms. The van der Waals surface area contributed by atoms with Crippen LogP contribution >= 0.6 is 0 Å². The molecule has 0 aromatic rings. The third-order valence-electron chi connectivity index (χ3n) is 1.96. The number of aliphatic carboxylic acids is 1. The number of carbonyl (C=O) groups is 1. The molecule has 19 heavy (non-hydrogen) atoms. The number of halogens is 2. The van der Waals surface area contributed by atoms with E-state index in [0.29, 0.717) is 0 Å². The van der Waals surface area contributed by atoms with Crippen molar-refractivity contribution in [3.63, 3.8) is 0 Å². The normalized spacial score (nSPS) is 14.1. The lowest BCUT2D eigenvalue weighted by molar-refractivity contribution is -0.132. The molecule has 0 amide bonds. The van der Waals surface area contributed by atoms with Gasteiger partial charge in [0, 0.05) is 11.8 Å². The zero-order chi connectivity index (χ0) is 15.2. The summed E-state index contributed by atoms with van der Waals surface area (Å²) < 4.78 is 50.8. The lowest BCUT2D eigenvalue weighted by atomic mass is 10.1. The van der Waals surface area contributed by atoms with Crippen LogP contribution in [-0.4, -0.2) is 38.1 Å². The maximum absolute atomic E-state index is 12.2. The van der Waals surface area contributed by atoms with Crippen molar-refractivity contribution in [2.75, 3.05) is 12.0 Å². The Morgan fingerprint density at radius 1 is 1.47 bits per heavy atom. The Morgan fingerprint density at radius 3 is 2.32 bits per heavy atom. The minimum absolute atomic E-state index is 0.196. The standard InChI is InChI=1S/C11H14F2O5S/c1-4-5-8(10(14)15)7(2)9(18-11(12)13)6-19(3,16)17/h4-5,11H,1,6H2,2-3H3,(H,14,15)/b8-5+,9-7+. The van der Waals surface area contributed by atoms with E-state index in [1.165, 1.54) is 6.92 Å². The number of carboxylic acid groups (broad SMARTS) is 1. The van der Waals surface area contributed by atoms with Crippen molar-refractivity contribution in [2.24, 2.45) is 0 Å². The van der Waals surface area contributed by atoms with Gasteiger partial charge >= 0.3 is 12.6 Å². The molecule has 0 aromatic heterocycles. The number of ether oxygens (including phenoxy) is 1. The molecule has 0 atom stereocenters. The van der Waals surface area contributed by atoms with Gasteiger partial charge in [-0.05, 0) is 13.0 Å². The van der Waals surface area contributed by atoms with Crippen molar-refractivity contribution in [3.8, 4) is 0 Å². The van der Waals surface area contributed by atoms with Gasteiger partial charge in [-0.1, -0.05) is 12.7 Å². The molecule has 108 valence electrons. The van der Waals surface area contributed by atoms with E-state index < -0.39 is 33.9 Å². The molecule has 0 aliphatic heterocycles. The van der Waals surface area contributed by atoms with E-state index in [2.05, 4.69) is 11.3 Å². The first kappa shape index (κ1) is 17.3. The first-order valence-corrected chi connectivity index (χ1v) is 7.03. The molecule has 0 aliphatic carbocycles. The van der Waals surface area contributed by atoms with Gasteiger partial charge in [0.05, 0.1) is 5.57 Å². The molecule has 0 heterocycles. The van der Waals surface area contributed by atoms with Crippen LogP contribution in [0.5, 0.6) is 0 Å². The van der Waals surface area contributed by atoms with Crippen LogP contribution in [0.15, 0.2) is 35.6 Å². The summed E-state index contributed by atoms with van der Waals surface area (Å²) in [5.74, 6) is -2.82. The van der Waals surface area contributed by atoms with Crippen molar-refractivity contribution in [1.82, 2.24) is 0 Å². The minimum Gasteiger partial charge on any atom is -0.478 e. The quantitative estimate of drug-likeness (QED) is 0.440. The van der Waals surface area contributed by atoms with Gasteiger partial charge in [0.25, 0.3) is 0 Å². The molecule has 0 aromatic carbocycles. The van der Waals surface area contributed by atoms with Crippen LogP contribution in [0, 0.1) is 0 Å².